The summed E-state index contributed by atoms with van der Waals surface area (Å²) in [6, 6.07) is 7.64. The Balaban J connectivity index is 2.25. The second-order valence-corrected chi connectivity index (χ2v) is 7.12. The van der Waals surface area contributed by atoms with Crippen molar-refractivity contribution in [1.29, 1.82) is 0 Å². The van der Waals surface area contributed by atoms with Gasteiger partial charge >= 0.3 is 0 Å². The standard InChI is InChI=1S/C16H9BrCl2N2O3S/c1-24-12-3-2-7(4-10(12)17)14(22)21-15(23)9-5-8(18)6-11(19)13(9)20-16(21)25/h2-6H,1H3,(H,20,25). The number of rotatable bonds is 2. The van der Waals surface area contributed by atoms with E-state index in [1.807, 2.05) is 0 Å². The number of halogens is 3. The molecule has 5 nitrogen and oxygen atoms in total. The number of aromatic nitrogens is 2. The largest absolute Gasteiger partial charge is 0.496 e. The Morgan fingerprint density at radius 1 is 1.28 bits per heavy atom. The average molecular weight is 460 g/mol. The Bertz CT molecular complexity index is 1140. The summed E-state index contributed by atoms with van der Waals surface area (Å²) in [5.74, 6) is -0.0151. The second-order valence-electron chi connectivity index (χ2n) is 5.04. The van der Waals surface area contributed by atoms with E-state index in [0.717, 1.165) is 4.57 Å². The summed E-state index contributed by atoms with van der Waals surface area (Å²) in [5.41, 5.74) is 0.00266. The molecule has 2 aromatic carbocycles. The van der Waals surface area contributed by atoms with Crippen LogP contribution in [0.15, 0.2) is 39.6 Å². The van der Waals surface area contributed by atoms with Gasteiger partial charge in [0.25, 0.3) is 11.5 Å². The number of nitrogens with one attached hydrogen (secondary N) is 1. The fourth-order valence-corrected chi connectivity index (χ4v) is 3.71. The number of H-pyrrole nitrogens is 1. The van der Waals surface area contributed by atoms with E-state index < -0.39 is 11.5 Å². The van der Waals surface area contributed by atoms with Crippen LogP contribution in [0.4, 0.5) is 0 Å². The van der Waals surface area contributed by atoms with Crippen molar-refractivity contribution < 1.29 is 9.53 Å². The first kappa shape index (κ1) is 18.1. The molecule has 25 heavy (non-hydrogen) atoms. The lowest BCUT2D eigenvalue weighted by Gasteiger charge is -2.10. The number of fused-ring (bicyclic) bond motifs is 1. The molecule has 0 fully saturated rings. The molecule has 0 spiro atoms. The van der Waals surface area contributed by atoms with Crippen molar-refractivity contribution in [3.63, 3.8) is 0 Å². The molecule has 0 aliphatic heterocycles. The van der Waals surface area contributed by atoms with Crippen molar-refractivity contribution in [3.05, 3.63) is 65.5 Å². The van der Waals surface area contributed by atoms with Gasteiger partial charge in [-0.1, -0.05) is 23.2 Å². The summed E-state index contributed by atoms with van der Waals surface area (Å²) in [7, 11) is 1.51. The van der Waals surface area contributed by atoms with Crippen LogP contribution in [-0.4, -0.2) is 22.6 Å². The molecule has 0 saturated carbocycles. The Hall–Kier alpha value is -1.67. The van der Waals surface area contributed by atoms with Crippen molar-refractivity contribution in [2.45, 2.75) is 0 Å². The molecule has 0 radical (unpaired) electrons. The van der Waals surface area contributed by atoms with Gasteiger partial charge in [0.1, 0.15) is 5.75 Å². The molecule has 0 unspecified atom stereocenters. The molecule has 9 heteroatoms. The van der Waals surface area contributed by atoms with E-state index in [2.05, 4.69) is 20.9 Å². The summed E-state index contributed by atoms with van der Waals surface area (Å²) in [6.45, 7) is 0. The average Bonchev–Trinajstić information content (AvgIpc) is 2.56. The summed E-state index contributed by atoms with van der Waals surface area (Å²) >= 11 is 20.5. The number of hydrogen-bond acceptors (Lipinski definition) is 4. The zero-order valence-corrected chi connectivity index (χ0v) is 16.5. The van der Waals surface area contributed by atoms with Gasteiger partial charge in [-0.25, -0.2) is 4.57 Å². The number of methoxy groups -OCH3 is 1. The quantitative estimate of drug-likeness (QED) is 0.557. The van der Waals surface area contributed by atoms with Crippen LogP contribution in [0.1, 0.15) is 10.4 Å². The van der Waals surface area contributed by atoms with Crippen LogP contribution in [0.25, 0.3) is 10.9 Å². The molecule has 0 amide bonds. The lowest BCUT2D eigenvalue weighted by atomic mass is 10.2. The van der Waals surface area contributed by atoms with Gasteiger partial charge in [-0.05, 0) is 58.5 Å². The highest BCUT2D eigenvalue weighted by Gasteiger charge is 2.17. The van der Waals surface area contributed by atoms with Crippen LogP contribution in [0.5, 0.6) is 5.75 Å². The molecule has 0 aliphatic carbocycles. The summed E-state index contributed by atoms with van der Waals surface area (Å²) in [4.78, 5) is 28.4. The molecule has 1 heterocycles. The number of nitrogens with zero attached hydrogens (tertiary/aromatic N) is 1. The Morgan fingerprint density at radius 2 is 2.00 bits per heavy atom. The predicted octanol–water partition coefficient (Wildman–Crippen LogP) is 4.83. The van der Waals surface area contributed by atoms with Crippen LogP contribution < -0.4 is 10.3 Å². The normalized spacial score (nSPS) is 10.9. The fourth-order valence-electron chi connectivity index (χ4n) is 2.36. The predicted molar refractivity (Wildman–Crippen MR) is 104 cm³/mol. The van der Waals surface area contributed by atoms with Gasteiger partial charge in [0.15, 0.2) is 4.77 Å². The Kier molecular flexibility index (Phi) is 5.02. The number of carbonyl (C=O) groups excluding carboxylic acids is 1. The van der Waals surface area contributed by atoms with E-state index in [4.69, 9.17) is 40.2 Å². The fraction of sp³-hybridized carbons (Fsp3) is 0.0625. The zero-order chi connectivity index (χ0) is 18.3. The van der Waals surface area contributed by atoms with Crippen molar-refractivity contribution in [1.82, 2.24) is 9.55 Å². The van der Waals surface area contributed by atoms with Crippen molar-refractivity contribution in [2.24, 2.45) is 0 Å². The summed E-state index contributed by atoms with van der Waals surface area (Å²) < 4.78 is 6.53. The third-order valence-corrected chi connectivity index (χ3v) is 4.95. The zero-order valence-electron chi connectivity index (χ0n) is 12.6. The van der Waals surface area contributed by atoms with Crippen LogP contribution in [0, 0.1) is 4.77 Å². The van der Waals surface area contributed by atoms with Gasteiger partial charge in [-0.3, -0.25) is 9.59 Å². The number of carbonyl (C=O) groups is 1. The molecule has 128 valence electrons. The van der Waals surface area contributed by atoms with Crippen LogP contribution in [0.3, 0.4) is 0 Å². The van der Waals surface area contributed by atoms with Gasteiger partial charge in [0.05, 0.1) is 27.5 Å². The molecule has 1 aromatic heterocycles. The van der Waals surface area contributed by atoms with Crippen LogP contribution in [0.2, 0.25) is 10.0 Å². The first-order valence-electron chi connectivity index (χ1n) is 6.86. The van der Waals surface area contributed by atoms with Gasteiger partial charge in [0.2, 0.25) is 0 Å². The number of benzene rings is 2. The maximum absolute atomic E-state index is 12.8. The lowest BCUT2D eigenvalue weighted by Crippen LogP contribution is -2.29. The molecule has 3 aromatic rings. The van der Waals surface area contributed by atoms with E-state index >= 15 is 0 Å². The Morgan fingerprint density at radius 3 is 2.64 bits per heavy atom. The van der Waals surface area contributed by atoms with E-state index in [1.54, 1.807) is 18.2 Å². The maximum Gasteiger partial charge on any atom is 0.269 e. The van der Waals surface area contributed by atoms with E-state index in [-0.39, 0.29) is 25.8 Å². The highest BCUT2D eigenvalue weighted by molar-refractivity contribution is 9.10. The SMILES string of the molecule is COc1ccc(C(=O)n2c(=S)[nH]c3c(Cl)cc(Cl)cc3c2=O)cc1Br. The molecule has 0 bridgehead atoms. The minimum Gasteiger partial charge on any atom is -0.496 e. The molecule has 0 saturated heterocycles. The van der Waals surface area contributed by atoms with Gasteiger partial charge in [-0.15, -0.1) is 0 Å². The topological polar surface area (TPSA) is 64.1 Å². The second kappa shape index (κ2) is 6.92. The number of hydrogen-bond donors (Lipinski definition) is 1. The van der Waals surface area contributed by atoms with Crippen molar-refractivity contribution in [3.8, 4) is 5.75 Å². The van der Waals surface area contributed by atoms with E-state index in [0.29, 0.717) is 15.7 Å². The minimum absolute atomic E-state index is 0.0568. The van der Waals surface area contributed by atoms with Crippen LogP contribution >= 0.6 is 51.3 Å². The van der Waals surface area contributed by atoms with E-state index in [1.165, 1.54) is 19.2 Å². The maximum atomic E-state index is 12.8. The number of ether oxygens (including phenoxy) is 1. The third-order valence-electron chi connectivity index (χ3n) is 3.53. The first-order chi connectivity index (χ1) is 11.8. The van der Waals surface area contributed by atoms with Gasteiger partial charge in [-0.2, -0.15) is 0 Å². The molecular weight excluding hydrogens is 451 g/mol. The third kappa shape index (κ3) is 3.25. The van der Waals surface area contributed by atoms with Crippen molar-refractivity contribution >= 4 is 68.2 Å². The highest BCUT2D eigenvalue weighted by Crippen LogP contribution is 2.27. The van der Waals surface area contributed by atoms with E-state index in [9.17, 15) is 9.59 Å². The van der Waals surface area contributed by atoms with Gasteiger partial charge < -0.3 is 9.72 Å². The van der Waals surface area contributed by atoms with Gasteiger partial charge in [0, 0.05) is 10.6 Å². The summed E-state index contributed by atoms with van der Waals surface area (Å²) in [5, 5.41) is 0.704. The molecule has 0 atom stereocenters. The molecular formula is C16H9BrCl2N2O3S. The lowest BCUT2D eigenvalue weighted by molar-refractivity contribution is 0.0953. The Labute approximate surface area is 165 Å². The summed E-state index contributed by atoms with van der Waals surface area (Å²) in [6.07, 6.45) is 0. The van der Waals surface area contributed by atoms with Crippen LogP contribution in [-0.2, 0) is 0 Å². The first-order valence-corrected chi connectivity index (χ1v) is 8.81. The monoisotopic (exact) mass is 458 g/mol. The number of aromatic amines is 1. The highest BCUT2D eigenvalue weighted by atomic mass is 79.9. The molecule has 0 aliphatic rings. The molecule has 3 rings (SSSR count). The van der Waals surface area contributed by atoms with Crippen molar-refractivity contribution in [2.75, 3.05) is 7.11 Å². The minimum atomic E-state index is -0.597. The smallest absolute Gasteiger partial charge is 0.269 e. The molecule has 1 N–H and O–H groups in total.